The van der Waals surface area contributed by atoms with E-state index in [-0.39, 0.29) is 18.5 Å². The van der Waals surface area contributed by atoms with Crippen molar-refractivity contribution < 1.29 is 24.5 Å². The molecule has 3 N–H and O–H groups in total. The fourth-order valence-corrected chi connectivity index (χ4v) is 11.6. The van der Waals surface area contributed by atoms with Crippen molar-refractivity contribution in [1.82, 2.24) is 5.32 Å². The minimum Gasteiger partial charge on any atom is -0.466 e. The Hall–Kier alpha value is -1.92. The summed E-state index contributed by atoms with van der Waals surface area (Å²) in [5, 5.41) is 23.2. The zero-order valence-corrected chi connectivity index (χ0v) is 54.8. The molecular weight excluding hydrogens is 995 g/mol. The quantitative estimate of drug-likeness (QED) is 0.0320. The smallest absolute Gasteiger partial charge is 0.305 e. The highest BCUT2D eigenvalue weighted by Gasteiger charge is 2.18. The molecule has 0 spiro atoms. The van der Waals surface area contributed by atoms with Crippen LogP contribution in [-0.4, -0.2) is 47.4 Å². The van der Waals surface area contributed by atoms with Crippen molar-refractivity contribution in [3.8, 4) is 0 Å². The summed E-state index contributed by atoms with van der Waals surface area (Å²) >= 11 is 0. The number of carbonyl (C=O) groups excluding carboxylic acids is 2. The minimum atomic E-state index is -0.848. The third kappa shape index (κ3) is 67.1. The van der Waals surface area contributed by atoms with Crippen molar-refractivity contribution in [2.75, 3.05) is 13.2 Å². The number of rotatable bonds is 69. The first-order valence-corrected chi connectivity index (χ1v) is 36.8. The number of hydrogen-bond donors (Lipinski definition) is 3. The number of nitrogens with one attached hydrogen (secondary N) is 1. The molecule has 0 aromatic heterocycles. The average molecular weight is 1140 g/mol. The molecule has 478 valence electrons. The molecule has 81 heavy (non-hydrogen) atoms. The molecule has 0 radical (unpaired) electrons. The zero-order valence-electron chi connectivity index (χ0n) is 54.8. The second-order valence-corrected chi connectivity index (χ2v) is 25.3. The Labute approximate surface area is 506 Å². The lowest BCUT2D eigenvalue weighted by Crippen LogP contribution is -2.45. The second kappa shape index (κ2) is 70.6. The number of aliphatic hydroxyl groups excluding tert-OH is 2. The van der Waals surface area contributed by atoms with Crippen molar-refractivity contribution in [3.63, 3.8) is 0 Å². The fourth-order valence-electron chi connectivity index (χ4n) is 11.6. The first-order valence-electron chi connectivity index (χ1n) is 36.8. The highest BCUT2D eigenvalue weighted by atomic mass is 16.5. The summed E-state index contributed by atoms with van der Waals surface area (Å²) in [5.74, 6) is -0.0524. The number of carbonyl (C=O) groups is 2. The van der Waals surface area contributed by atoms with Gasteiger partial charge in [0.2, 0.25) is 5.91 Å². The maximum Gasteiger partial charge on any atom is 0.305 e. The lowest BCUT2D eigenvalue weighted by atomic mass is 10.0. The Bertz CT molecular complexity index is 1310. The van der Waals surface area contributed by atoms with Crippen molar-refractivity contribution >= 4 is 11.9 Å². The van der Waals surface area contributed by atoms with E-state index in [0.717, 1.165) is 44.9 Å². The van der Waals surface area contributed by atoms with Gasteiger partial charge in [0.25, 0.3) is 0 Å². The largest absolute Gasteiger partial charge is 0.466 e. The van der Waals surface area contributed by atoms with E-state index in [1.165, 1.54) is 334 Å². The van der Waals surface area contributed by atoms with Gasteiger partial charge in [0.05, 0.1) is 25.4 Å². The number of hydrogen-bond acceptors (Lipinski definition) is 5. The van der Waals surface area contributed by atoms with E-state index < -0.39 is 12.1 Å². The molecule has 0 aliphatic carbocycles. The van der Waals surface area contributed by atoms with Crippen LogP contribution in [0.5, 0.6) is 0 Å². The summed E-state index contributed by atoms with van der Waals surface area (Å²) in [6.45, 7) is 4.94. The summed E-state index contributed by atoms with van der Waals surface area (Å²) in [5.41, 5.74) is 0. The molecule has 6 heteroatoms. The van der Waals surface area contributed by atoms with E-state index in [4.69, 9.17) is 4.74 Å². The monoisotopic (exact) mass is 1140 g/mol. The van der Waals surface area contributed by atoms with Gasteiger partial charge in [-0.25, -0.2) is 0 Å². The van der Waals surface area contributed by atoms with E-state index in [9.17, 15) is 19.8 Å². The number of ether oxygens (including phenoxy) is 1. The van der Waals surface area contributed by atoms with Gasteiger partial charge in [0, 0.05) is 12.8 Å². The van der Waals surface area contributed by atoms with Gasteiger partial charge < -0.3 is 20.3 Å². The molecule has 0 fully saturated rings. The van der Waals surface area contributed by atoms with Crippen LogP contribution in [0, 0.1) is 0 Å². The molecule has 0 aliphatic rings. The van der Waals surface area contributed by atoms with Gasteiger partial charge in [-0.05, 0) is 64.2 Å². The maximum absolute atomic E-state index is 12.5. The number of esters is 1. The Morgan fingerprint density at radius 2 is 0.617 bits per heavy atom. The number of allylic oxidation sites excluding steroid dienone is 5. The lowest BCUT2D eigenvalue weighted by Gasteiger charge is -2.20. The molecule has 0 saturated heterocycles. The summed E-state index contributed by atoms with van der Waals surface area (Å²) in [4.78, 5) is 24.6. The second-order valence-electron chi connectivity index (χ2n) is 25.3. The minimum absolute atomic E-state index is 0.0157. The van der Waals surface area contributed by atoms with E-state index >= 15 is 0 Å². The van der Waals surface area contributed by atoms with Gasteiger partial charge in [0.15, 0.2) is 0 Å². The molecule has 0 aliphatic heterocycles. The van der Waals surface area contributed by atoms with Gasteiger partial charge in [-0.2, -0.15) is 0 Å². The van der Waals surface area contributed by atoms with Crippen LogP contribution in [0.3, 0.4) is 0 Å². The standard InChI is InChI=1S/C75H143NO5/c1-3-5-7-9-11-13-15-17-19-21-32-37-41-45-49-53-57-61-65-69-75(80)81-70-66-62-58-54-50-46-42-38-34-31-29-27-25-23-24-26-28-30-33-36-40-44-48-52-56-60-64-68-74(79)76-72(71-77)73(78)67-63-59-55-51-47-43-39-35-22-20-18-16-14-12-10-8-6-4-2/h23-24,27,29,63,67,72-73,77-78H,3-22,25-26,28,30-62,64-66,68-71H2,1-2H3,(H,76,79)/b24-23-,29-27-,67-63+. The third-order valence-corrected chi connectivity index (χ3v) is 17.2. The van der Waals surface area contributed by atoms with E-state index in [0.29, 0.717) is 19.4 Å². The Balaban J connectivity index is 3.41. The van der Waals surface area contributed by atoms with Crippen molar-refractivity contribution in [3.05, 3.63) is 36.5 Å². The van der Waals surface area contributed by atoms with Crippen LogP contribution in [0.1, 0.15) is 406 Å². The van der Waals surface area contributed by atoms with Gasteiger partial charge in [-0.1, -0.05) is 365 Å². The summed E-state index contributed by atoms with van der Waals surface area (Å²) in [6, 6.07) is -0.631. The Morgan fingerprint density at radius 1 is 0.346 bits per heavy atom. The van der Waals surface area contributed by atoms with Crippen LogP contribution in [-0.2, 0) is 14.3 Å². The number of amides is 1. The molecule has 0 aromatic rings. The first kappa shape index (κ1) is 79.1. The number of aliphatic hydroxyl groups is 2. The van der Waals surface area contributed by atoms with Gasteiger partial charge in [-0.15, -0.1) is 0 Å². The van der Waals surface area contributed by atoms with Crippen molar-refractivity contribution in [2.24, 2.45) is 0 Å². The highest BCUT2D eigenvalue weighted by molar-refractivity contribution is 5.76. The summed E-state index contributed by atoms with van der Waals surface area (Å²) in [6.07, 6.45) is 90.9. The molecule has 2 unspecified atom stereocenters. The highest BCUT2D eigenvalue weighted by Crippen LogP contribution is 2.19. The van der Waals surface area contributed by atoms with Crippen LogP contribution in [0.15, 0.2) is 36.5 Å². The Kier molecular flexibility index (Phi) is 68.9. The zero-order chi connectivity index (χ0) is 58.5. The van der Waals surface area contributed by atoms with Crippen LogP contribution < -0.4 is 5.32 Å². The van der Waals surface area contributed by atoms with Gasteiger partial charge in [0.1, 0.15) is 0 Å². The average Bonchev–Trinajstić information content (AvgIpc) is 3.47. The molecule has 0 rings (SSSR count). The molecule has 2 atom stereocenters. The molecular formula is C75H143NO5. The van der Waals surface area contributed by atoms with E-state index in [1.54, 1.807) is 6.08 Å². The van der Waals surface area contributed by atoms with Crippen molar-refractivity contribution in [2.45, 2.75) is 418 Å². The summed E-state index contributed by atoms with van der Waals surface area (Å²) in [7, 11) is 0. The van der Waals surface area contributed by atoms with Gasteiger partial charge in [-0.3, -0.25) is 9.59 Å². The predicted molar refractivity (Wildman–Crippen MR) is 356 cm³/mol. The third-order valence-electron chi connectivity index (χ3n) is 17.2. The molecule has 0 aromatic carbocycles. The normalized spacial score (nSPS) is 12.7. The van der Waals surface area contributed by atoms with E-state index in [2.05, 4.69) is 43.5 Å². The topological polar surface area (TPSA) is 95.9 Å². The molecule has 1 amide bonds. The van der Waals surface area contributed by atoms with Crippen LogP contribution in [0.4, 0.5) is 0 Å². The lowest BCUT2D eigenvalue weighted by molar-refractivity contribution is -0.143. The van der Waals surface area contributed by atoms with E-state index in [1.807, 2.05) is 6.08 Å². The molecule has 0 bridgehead atoms. The molecule has 6 nitrogen and oxygen atoms in total. The fraction of sp³-hybridized carbons (Fsp3) is 0.893. The van der Waals surface area contributed by atoms with Crippen LogP contribution in [0.25, 0.3) is 0 Å². The Morgan fingerprint density at radius 3 is 0.938 bits per heavy atom. The van der Waals surface area contributed by atoms with Crippen LogP contribution >= 0.6 is 0 Å². The van der Waals surface area contributed by atoms with Crippen molar-refractivity contribution in [1.29, 1.82) is 0 Å². The SMILES string of the molecule is CCCCCCCCCCCCCCCCCC/C=C/C(O)C(CO)NC(=O)CCCCCCCCCCCCC/C=C\C/C=C\CCCCCCCCCCCOC(=O)CCCCCCCCCCCCCCCCCCCCC. The molecule has 0 saturated carbocycles. The first-order chi connectivity index (χ1) is 40.0. The number of unbranched alkanes of at least 4 members (excludes halogenated alkanes) is 54. The van der Waals surface area contributed by atoms with Gasteiger partial charge >= 0.3 is 5.97 Å². The maximum atomic E-state index is 12.5. The predicted octanol–water partition coefficient (Wildman–Crippen LogP) is 23.9. The molecule has 0 heterocycles. The van der Waals surface area contributed by atoms with Crippen LogP contribution in [0.2, 0.25) is 0 Å². The summed E-state index contributed by atoms with van der Waals surface area (Å²) < 4.78 is 5.51.